The molecule has 8 nitrogen and oxygen atoms in total. The van der Waals surface area contributed by atoms with Gasteiger partial charge in [-0.3, -0.25) is 9.69 Å². The Morgan fingerprint density at radius 1 is 1.32 bits per heavy atom. The summed E-state index contributed by atoms with van der Waals surface area (Å²) in [4.78, 5) is 36.4. The number of primary amides is 1. The first kappa shape index (κ1) is 19.0. The minimum absolute atomic E-state index is 0.0222. The highest BCUT2D eigenvalue weighted by Crippen LogP contribution is 2.21. The van der Waals surface area contributed by atoms with Crippen molar-refractivity contribution in [3.8, 4) is 0 Å². The molecule has 1 fully saturated rings. The number of methoxy groups -OCH3 is 1. The van der Waals surface area contributed by atoms with E-state index >= 15 is 0 Å². The van der Waals surface area contributed by atoms with Crippen LogP contribution in [0.15, 0.2) is 18.2 Å². The zero-order chi connectivity index (χ0) is 18.4. The van der Waals surface area contributed by atoms with Gasteiger partial charge in [0.2, 0.25) is 5.91 Å². The molecule has 0 atom stereocenters. The number of ether oxygens (including phenoxy) is 1. The third-order valence-corrected chi connectivity index (χ3v) is 4.25. The lowest BCUT2D eigenvalue weighted by Crippen LogP contribution is -2.47. The van der Waals surface area contributed by atoms with Gasteiger partial charge in [0.15, 0.2) is 0 Å². The minimum Gasteiger partial charge on any atom is -0.465 e. The summed E-state index contributed by atoms with van der Waals surface area (Å²) in [5.41, 5.74) is 5.88. The number of urea groups is 1. The molecule has 25 heavy (non-hydrogen) atoms. The number of amides is 3. The molecule has 0 aromatic heterocycles. The predicted molar refractivity (Wildman–Crippen MR) is 93.6 cm³/mol. The van der Waals surface area contributed by atoms with Gasteiger partial charge in [-0.25, -0.2) is 9.59 Å². The van der Waals surface area contributed by atoms with Crippen LogP contribution in [0.3, 0.4) is 0 Å². The number of nitrogens with two attached hydrogens (primary N) is 1. The first-order valence-corrected chi connectivity index (χ1v) is 8.23. The number of hydrogen-bond acceptors (Lipinski definition) is 5. The highest BCUT2D eigenvalue weighted by molar-refractivity contribution is 6.33. The number of halogens is 1. The molecule has 1 aliphatic rings. The second kappa shape index (κ2) is 8.68. The molecule has 0 aliphatic carbocycles. The van der Waals surface area contributed by atoms with Crippen LogP contribution in [-0.4, -0.2) is 55.6 Å². The molecule has 1 heterocycles. The van der Waals surface area contributed by atoms with Crippen molar-refractivity contribution in [2.45, 2.75) is 18.9 Å². The molecule has 3 amide bonds. The van der Waals surface area contributed by atoms with Crippen molar-refractivity contribution < 1.29 is 19.1 Å². The summed E-state index contributed by atoms with van der Waals surface area (Å²) < 4.78 is 4.62. The van der Waals surface area contributed by atoms with Crippen LogP contribution in [0.5, 0.6) is 0 Å². The Morgan fingerprint density at radius 3 is 2.56 bits per heavy atom. The fourth-order valence-corrected chi connectivity index (χ4v) is 2.93. The molecule has 1 aromatic carbocycles. The van der Waals surface area contributed by atoms with E-state index in [1.807, 2.05) is 4.90 Å². The maximum Gasteiger partial charge on any atom is 0.339 e. The number of piperidine rings is 1. The average molecular weight is 369 g/mol. The Labute approximate surface area is 150 Å². The number of nitrogens with zero attached hydrogens (tertiary/aromatic N) is 1. The quantitative estimate of drug-likeness (QED) is 0.676. The van der Waals surface area contributed by atoms with E-state index in [1.165, 1.54) is 19.2 Å². The molecule has 1 saturated heterocycles. The Bertz CT molecular complexity index is 660. The molecule has 1 aromatic rings. The van der Waals surface area contributed by atoms with Crippen LogP contribution in [0.25, 0.3) is 0 Å². The minimum atomic E-state index is -0.538. The summed E-state index contributed by atoms with van der Waals surface area (Å²) in [6.45, 7) is 1.64. The maximum atomic E-state index is 12.1. The molecule has 0 unspecified atom stereocenters. The van der Waals surface area contributed by atoms with Crippen molar-refractivity contribution in [1.29, 1.82) is 0 Å². The van der Waals surface area contributed by atoms with E-state index in [4.69, 9.17) is 17.3 Å². The molecular weight excluding hydrogens is 348 g/mol. The van der Waals surface area contributed by atoms with Gasteiger partial charge in [0.25, 0.3) is 0 Å². The summed E-state index contributed by atoms with van der Waals surface area (Å²) in [5.74, 6) is -0.889. The highest BCUT2D eigenvalue weighted by Gasteiger charge is 2.21. The molecule has 4 N–H and O–H groups in total. The smallest absolute Gasteiger partial charge is 0.339 e. The van der Waals surface area contributed by atoms with Crippen molar-refractivity contribution in [3.63, 3.8) is 0 Å². The third-order valence-electron chi connectivity index (χ3n) is 3.93. The van der Waals surface area contributed by atoms with Gasteiger partial charge in [-0.1, -0.05) is 11.6 Å². The number of esters is 1. The Morgan fingerprint density at radius 2 is 2.00 bits per heavy atom. The van der Waals surface area contributed by atoms with Gasteiger partial charge >= 0.3 is 12.0 Å². The van der Waals surface area contributed by atoms with Crippen LogP contribution in [0.1, 0.15) is 23.2 Å². The predicted octanol–water partition coefficient (Wildman–Crippen LogP) is 1.20. The lowest BCUT2D eigenvalue weighted by Gasteiger charge is -2.31. The first-order valence-electron chi connectivity index (χ1n) is 7.85. The third kappa shape index (κ3) is 5.61. The zero-order valence-electron chi connectivity index (χ0n) is 13.9. The van der Waals surface area contributed by atoms with E-state index in [0.29, 0.717) is 18.8 Å². The summed E-state index contributed by atoms with van der Waals surface area (Å²) >= 11 is 6.02. The van der Waals surface area contributed by atoms with E-state index in [1.54, 1.807) is 6.07 Å². The van der Waals surface area contributed by atoms with Crippen LogP contribution >= 0.6 is 11.6 Å². The monoisotopic (exact) mass is 368 g/mol. The Kier molecular flexibility index (Phi) is 6.60. The van der Waals surface area contributed by atoms with Gasteiger partial charge in [0.05, 0.1) is 24.2 Å². The molecule has 0 radical (unpaired) electrons. The maximum absolute atomic E-state index is 12.1. The summed E-state index contributed by atoms with van der Waals surface area (Å²) in [5, 5.41) is 5.76. The first-order chi connectivity index (χ1) is 11.9. The topological polar surface area (TPSA) is 114 Å². The van der Waals surface area contributed by atoms with Gasteiger partial charge in [0.1, 0.15) is 0 Å². The van der Waals surface area contributed by atoms with E-state index in [-0.39, 0.29) is 35.1 Å². The van der Waals surface area contributed by atoms with Gasteiger partial charge in [-0.15, -0.1) is 0 Å². The second-order valence-electron chi connectivity index (χ2n) is 5.80. The van der Waals surface area contributed by atoms with Crippen molar-refractivity contribution in [2.75, 3.05) is 32.1 Å². The zero-order valence-corrected chi connectivity index (χ0v) is 14.6. The summed E-state index contributed by atoms with van der Waals surface area (Å²) in [6, 6.07) is 4.23. The van der Waals surface area contributed by atoms with Gasteiger partial charge in [-0.2, -0.15) is 0 Å². The number of likely N-dealkylation sites (tertiary alicyclic amines) is 1. The van der Waals surface area contributed by atoms with E-state index in [0.717, 1.165) is 12.8 Å². The Hall–Kier alpha value is -2.32. The van der Waals surface area contributed by atoms with Crippen LogP contribution in [0.2, 0.25) is 5.02 Å². The fraction of sp³-hybridized carbons (Fsp3) is 0.438. The van der Waals surface area contributed by atoms with Gasteiger partial charge in [0, 0.05) is 24.8 Å². The van der Waals surface area contributed by atoms with E-state index in [9.17, 15) is 14.4 Å². The molecule has 2 rings (SSSR count). The number of carbonyl (C=O) groups is 3. The Balaban J connectivity index is 1.84. The average Bonchev–Trinajstić information content (AvgIpc) is 2.55. The van der Waals surface area contributed by atoms with Crippen molar-refractivity contribution in [3.05, 3.63) is 28.8 Å². The van der Waals surface area contributed by atoms with Crippen LogP contribution in [0.4, 0.5) is 10.5 Å². The van der Waals surface area contributed by atoms with Crippen LogP contribution in [-0.2, 0) is 9.53 Å². The van der Waals surface area contributed by atoms with Gasteiger partial charge in [-0.05, 0) is 31.0 Å². The van der Waals surface area contributed by atoms with Crippen molar-refractivity contribution in [2.24, 2.45) is 5.73 Å². The molecular formula is C16H21ClN4O4. The van der Waals surface area contributed by atoms with E-state index in [2.05, 4.69) is 15.4 Å². The number of carbonyl (C=O) groups excluding carboxylic acids is 3. The lowest BCUT2D eigenvalue weighted by atomic mass is 10.1. The number of nitrogens with one attached hydrogen (secondary N) is 2. The highest BCUT2D eigenvalue weighted by atomic mass is 35.5. The molecule has 1 aliphatic heterocycles. The second-order valence-corrected chi connectivity index (χ2v) is 6.21. The van der Waals surface area contributed by atoms with Crippen molar-refractivity contribution >= 4 is 35.2 Å². The summed E-state index contributed by atoms with van der Waals surface area (Å²) in [7, 11) is 1.27. The molecule has 0 saturated carbocycles. The number of hydrogen-bond donors (Lipinski definition) is 3. The van der Waals surface area contributed by atoms with Crippen molar-refractivity contribution in [1.82, 2.24) is 10.2 Å². The normalized spacial score (nSPS) is 15.4. The van der Waals surface area contributed by atoms with Gasteiger partial charge < -0.3 is 21.1 Å². The molecule has 9 heteroatoms. The molecule has 0 bridgehead atoms. The molecule has 136 valence electrons. The van der Waals surface area contributed by atoms with E-state index < -0.39 is 5.97 Å². The standard InChI is InChI=1S/C16H21ClN4O4/c1-25-15(23)12-3-2-11(8-13(12)17)20-16(24)19-10-4-6-21(7-5-10)9-14(18)22/h2-3,8,10H,4-7,9H2,1H3,(H2,18,22)(H2,19,20,24). The fourth-order valence-electron chi connectivity index (χ4n) is 2.68. The SMILES string of the molecule is COC(=O)c1ccc(NC(=O)NC2CCN(CC(N)=O)CC2)cc1Cl. The number of anilines is 1. The largest absolute Gasteiger partial charge is 0.465 e. The number of benzene rings is 1. The summed E-state index contributed by atoms with van der Waals surface area (Å²) in [6.07, 6.45) is 1.48. The van der Waals surface area contributed by atoms with Crippen LogP contribution < -0.4 is 16.4 Å². The lowest BCUT2D eigenvalue weighted by molar-refractivity contribution is -0.119. The van der Waals surface area contributed by atoms with Crippen LogP contribution in [0, 0.1) is 0 Å². The number of rotatable bonds is 5. The molecule has 0 spiro atoms.